The Morgan fingerprint density at radius 3 is 1.69 bits per heavy atom. The fourth-order valence-electron chi connectivity index (χ4n) is 4.37. The highest BCUT2D eigenvalue weighted by Crippen LogP contribution is 2.54. The van der Waals surface area contributed by atoms with E-state index in [2.05, 4.69) is 0 Å². The standard InChI is InChI=1S/C22H18F8O4S/c23-16-5-7-17(8-6-16)35(33,34)19(11-9-13(10-12-19)18(31)32)14-1-3-15(4-2-14)20(24,21(25,26)27)22(28,29)30/h1-8,13H,9-12H2,(H,31,32). The van der Waals surface area contributed by atoms with E-state index in [9.17, 15) is 53.4 Å². The number of carbonyl (C=O) groups is 1. The van der Waals surface area contributed by atoms with Crippen molar-refractivity contribution in [2.45, 2.75) is 53.3 Å². The SMILES string of the molecule is O=C(O)C1CCC(c2ccc(C(F)(C(F)(F)F)C(F)(F)F)cc2)(S(=O)(=O)c2ccc(F)cc2)CC1. The summed E-state index contributed by atoms with van der Waals surface area (Å²) in [5.74, 6) is -2.86. The lowest BCUT2D eigenvalue weighted by molar-refractivity contribution is -0.348. The van der Waals surface area contributed by atoms with Crippen LogP contribution in [0.1, 0.15) is 36.8 Å². The van der Waals surface area contributed by atoms with E-state index in [0.717, 1.165) is 24.3 Å². The highest BCUT2D eigenvalue weighted by atomic mass is 32.2. The van der Waals surface area contributed by atoms with Crippen LogP contribution in [-0.2, 0) is 25.0 Å². The quantitative estimate of drug-likeness (QED) is 0.377. The average Bonchev–Trinajstić information content (AvgIpc) is 2.77. The molecule has 2 aromatic carbocycles. The van der Waals surface area contributed by atoms with Gasteiger partial charge in [0.05, 0.1) is 10.8 Å². The molecule has 1 aliphatic rings. The molecule has 0 unspecified atom stereocenters. The maximum absolute atomic E-state index is 14.4. The molecular formula is C22H18F8O4S. The van der Waals surface area contributed by atoms with Crippen molar-refractivity contribution < 1.29 is 53.4 Å². The number of alkyl halides is 7. The molecule has 1 fully saturated rings. The minimum Gasteiger partial charge on any atom is -0.481 e. The number of sulfone groups is 1. The van der Waals surface area contributed by atoms with Gasteiger partial charge < -0.3 is 5.11 Å². The highest BCUT2D eigenvalue weighted by Gasteiger charge is 2.73. The molecule has 4 nitrogen and oxygen atoms in total. The number of rotatable bonds is 5. The second kappa shape index (κ2) is 8.75. The first-order chi connectivity index (χ1) is 16.0. The van der Waals surface area contributed by atoms with Gasteiger partial charge in [-0.05, 0) is 55.5 Å². The van der Waals surface area contributed by atoms with Crippen LogP contribution in [0.4, 0.5) is 35.1 Å². The van der Waals surface area contributed by atoms with E-state index in [4.69, 9.17) is 0 Å². The number of aliphatic carboxylic acids is 1. The van der Waals surface area contributed by atoms with Gasteiger partial charge in [-0.1, -0.05) is 24.3 Å². The Morgan fingerprint density at radius 1 is 0.829 bits per heavy atom. The summed E-state index contributed by atoms with van der Waals surface area (Å²) in [6.45, 7) is 0. The number of hydrogen-bond donors (Lipinski definition) is 1. The Balaban J connectivity index is 2.15. The van der Waals surface area contributed by atoms with Crippen molar-refractivity contribution in [3.8, 4) is 0 Å². The van der Waals surface area contributed by atoms with Gasteiger partial charge in [-0.15, -0.1) is 0 Å². The van der Waals surface area contributed by atoms with Gasteiger partial charge in [-0.3, -0.25) is 4.79 Å². The van der Waals surface area contributed by atoms with Gasteiger partial charge >= 0.3 is 24.0 Å². The molecule has 0 aliphatic heterocycles. The lowest BCUT2D eigenvalue weighted by Crippen LogP contribution is -2.50. The van der Waals surface area contributed by atoms with Crippen molar-refractivity contribution in [3.05, 3.63) is 65.5 Å². The summed E-state index contributed by atoms with van der Waals surface area (Å²) in [5.41, 5.74) is -7.71. The van der Waals surface area contributed by atoms with Crippen molar-refractivity contribution in [2.75, 3.05) is 0 Å². The molecule has 0 spiro atoms. The van der Waals surface area contributed by atoms with E-state index < -0.39 is 55.9 Å². The van der Waals surface area contributed by atoms with Crippen LogP contribution in [0.5, 0.6) is 0 Å². The maximum Gasteiger partial charge on any atom is 0.435 e. The highest BCUT2D eigenvalue weighted by molar-refractivity contribution is 7.92. The molecule has 0 heterocycles. The molecule has 0 atom stereocenters. The van der Waals surface area contributed by atoms with Gasteiger partial charge in [0.25, 0.3) is 0 Å². The Kier molecular flexibility index (Phi) is 6.73. The first-order valence-electron chi connectivity index (χ1n) is 10.1. The first-order valence-corrected chi connectivity index (χ1v) is 11.6. The molecule has 0 bridgehead atoms. The number of carboxylic acid groups (broad SMARTS) is 1. The topological polar surface area (TPSA) is 71.4 Å². The van der Waals surface area contributed by atoms with Crippen LogP contribution in [-0.4, -0.2) is 31.8 Å². The van der Waals surface area contributed by atoms with E-state index in [1.807, 2.05) is 0 Å². The molecule has 0 radical (unpaired) electrons. The molecule has 13 heteroatoms. The summed E-state index contributed by atoms with van der Waals surface area (Å²) in [7, 11) is -4.45. The van der Waals surface area contributed by atoms with Crippen LogP contribution in [0.15, 0.2) is 53.4 Å². The van der Waals surface area contributed by atoms with Crippen LogP contribution in [0.3, 0.4) is 0 Å². The largest absolute Gasteiger partial charge is 0.481 e. The third-order valence-corrected chi connectivity index (χ3v) is 8.94. The van der Waals surface area contributed by atoms with E-state index >= 15 is 0 Å². The fourth-order valence-corrected chi connectivity index (χ4v) is 6.54. The summed E-state index contributed by atoms with van der Waals surface area (Å²) in [6.07, 6.45) is -13.7. The zero-order chi connectivity index (χ0) is 26.4. The minimum atomic E-state index is -6.34. The van der Waals surface area contributed by atoms with Gasteiger partial charge in [-0.2, -0.15) is 26.3 Å². The maximum atomic E-state index is 14.4. The van der Waals surface area contributed by atoms with Crippen LogP contribution < -0.4 is 0 Å². The zero-order valence-corrected chi connectivity index (χ0v) is 18.4. The monoisotopic (exact) mass is 530 g/mol. The van der Waals surface area contributed by atoms with Crippen molar-refractivity contribution in [3.63, 3.8) is 0 Å². The summed E-state index contributed by atoms with van der Waals surface area (Å²) in [4.78, 5) is 11.0. The summed E-state index contributed by atoms with van der Waals surface area (Å²) in [6, 6.07) is 5.40. The predicted octanol–water partition coefficient (Wildman–Crippen LogP) is 6.06. The van der Waals surface area contributed by atoms with Crippen molar-refractivity contribution in [1.82, 2.24) is 0 Å². The predicted molar refractivity (Wildman–Crippen MR) is 106 cm³/mol. The molecule has 2 aromatic rings. The van der Waals surface area contributed by atoms with E-state index in [-0.39, 0.29) is 48.3 Å². The Bertz CT molecular complexity index is 1160. The van der Waals surface area contributed by atoms with Crippen molar-refractivity contribution in [1.29, 1.82) is 0 Å². The molecule has 192 valence electrons. The van der Waals surface area contributed by atoms with Crippen LogP contribution in [0.2, 0.25) is 0 Å². The van der Waals surface area contributed by atoms with Crippen molar-refractivity contribution in [2.24, 2.45) is 5.92 Å². The van der Waals surface area contributed by atoms with E-state index in [1.54, 1.807) is 0 Å². The van der Waals surface area contributed by atoms with E-state index in [0.29, 0.717) is 12.1 Å². The summed E-state index contributed by atoms with van der Waals surface area (Å²) >= 11 is 0. The van der Waals surface area contributed by atoms with Gasteiger partial charge in [0, 0.05) is 5.56 Å². The minimum absolute atomic E-state index is 0.157. The molecule has 3 rings (SSSR count). The molecule has 1 aliphatic carbocycles. The lowest BCUT2D eigenvalue weighted by atomic mass is 9.77. The molecule has 0 amide bonds. The average molecular weight is 530 g/mol. The normalized spacial score (nSPS) is 22.1. The van der Waals surface area contributed by atoms with Crippen LogP contribution >= 0.6 is 0 Å². The Morgan fingerprint density at radius 2 is 1.29 bits per heavy atom. The second-order valence-electron chi connectivity index (χ2n) is 8.30. The molecule has 0 aromatic heterocycles. The van der Waals surface area contributed by atoms with Gasteiger partial charge in [0.2, 0.25) is 0 Å². The first kappa shape index (κ1) is 26.9. The summed E-state index contributed by atoms with van der Waals surface area (Å²) in [5, 5.41) is 9.26. The second-order valence-corrected chi connectivity index (χ2v) is 10.6. The van der Waals surface area contributed by atoms with Gasteiger partial charge in [0.1, 0.15) is 10.6 Å². The van der Waals surface area contributed by atoms with Gasteiger partial charge in [0.15, 0.2) is 9.84 Å². The van der Waals surface area contributed by atoms with Crippen LogP contribution in [0.25, 0.3) is 0 Å². The van der Waals surface area contributed by atoms with Gasteiger partial charge in [-0.25, -0.2) is 17.2 Å². The Hall–Kier alpha value is -2.70. The van der Waals surface area contributed by atoms with Crippen LogP contribution in [0, 0.1) is 11.7 Å². The lowest BCUT2D eigenvalue weighted by Gasteiger charge is -2.39. The smallest absolute Gasteiger partial charge is 0.435 e. The van der Waals surface area contributed by atoms with E-state index in [1.165, 1.54) is 0 Å². The number of hydrogen-bond acceptors (Lipinski definition) is 3. The molecule has 1 saturated carbocycles. The molecule has 1 N–H and O–H groups in total. The molecule has 0 saturated heterocycles. The molecular weight excluding hydrogens is 512 g/mol. The Labute approximate surface area is 194 Å². The number of carboxylic acids is 1. The number of benzene rings is 2. The molecule has 35 heavy (non-hydrogen) atoms. The third kappa shape index (κ3) is 4.38. The third-order valence-electron chi connectivity index (χ3n) is 6.37. The summed E-state index contributed by atoms with van der Waals surface area (Å²) < 4.78 is 132. The zero-order valence-electron chi connectivity index (χ0n) is 17.6. The number of halogens is 8. The van der Waals surface area contributed by atoms with Crippen molar-refractivity contribution >= 4 is 15.8 Å². The fraction of sp³-hybridized carbons (Fsp3) is 0.409.